The van der Waals surface area contributed by atoms with Gasteiger partial charge in [0.15, 0.2) is 5.96 Å². The first-order valence-corrected chi connectivity index (χ1v) is 9.68. The Morgan fingerprint density at radius 3 is 2.15 bits per heavy atom. The smallest absolute Gasteiger partial charge is 0.325 e. The van der Waals surface area contributed by atoms with E-state index in [1.807, 2.05) is 20.8 Å². The number of carbonyl (C=O) groups excluding carboxylic acids is 2. The fourth-order valence-electron chi connectivity index (χ4n) is 2.23. The van der Waals surface area contributed by atoms with Crippen LogP contribution in [0.2, 0.25) is 0 Å². The number of likely N-dealkylation sites (N-methyl/N-ethyl adjacent to an activating group) is 1. The summed E-state index contributed by atoms with van der Waals surface area (Å²) in [7, 11) is 0. The van der Waals surface area contributed by atoms with Gasteiger partial charge in [-0.3, -0.25) is 20.3 Å². The molecule has 6 nitrogen and oxygen atoms in total. The molecule has 0 rings (SSSR count). The van der Waals surface area contributed by atoms with E-state index in [4.69, 9.17) is 14.3 Å². The molecule has 1 amide bonds. The first kappa shape index (κ1) is 22.0. The number of nitrogens with zero attached hydrogens (tertiary/aromatic N) is 1. The van der Waals surface area contributed by atoms with Gasteiger partial charge in [0.25, 0.3) is 0 Å². The molecule has 0 radical (unpaired) electrons. The van der Waals surface area contributed by atoms with Crippen LogP contribution in [0.3, 0.4) is 0 Å². The van der Waals surface area contributed by atoms with Crippen LogP contribution in [0.4, 0.5) is 0 Å². The Labute approximate surface area is 175 Å². The zero-order chi connectivity index (χ0) is 22.5. The summed E-state index contributed by atoms with van der Waals surface area (Å²) >= 11 is 0. The lowest BCUT2D eigenvalue weighted by Crippen LogP contribution is -2.44. The Balaban J connectivity index is 0. The number of unbranched alkanes of at least 4 members (excludes halogenated alkanes) is 7. The van der Waals surface area contributed by atoms with E-state index in [9.17, 15) is 9.59 Å². The molecule has 0 unspecified atom stereocenters. The van der Waals surface area contributed by atoms with Crippen LogP contribution in [0.5, 0.6) is 0 Å². The van der Waals surface area contributed by atoms with Gasteiger partial charge in [0.1, 0.15) is 6.54 Å². The summed E-state index contributed by atoms with van der Waals surface area (Å²) in [6.07, 6.45) is 8.99. The molecule has 0 saturated carbocycles. The van der Waals surface area contributed by atoms with E-state index in [0.717, 1.165) is 19.3 Å². The van der Waals surface area contributed by atoms with E-state index in [-0.39, 0.29) is 30.8 Å². The van der Waals surface area contributed by atoms with Gasteiger partial charge in [-0.05, 0) is 11.8 Å². The lowest BCUT2D eigenvalue weighted by Gasteiger charge is -2.21. The Kier molecular flexibility index (Phi) is 12.8. The molecule has 0 aromatic carbocycles. The number of nitrogens with one attached hydrogen (secondary N) is 2. The van der Waals surface area contributed by atoms with Gasteiger partial charge >= 0.3 is 5.97 Å². The van der Waals surface area contributed by atoms with Crippen LogP contribution < -0.4 is 5.32 Å². The van der Waals surface area contributed by atoms with Crippen molar-refractivity contribution in [2.75, 3.05) is 20.1 Å². The molecular formula is C20H40ClN3O3. The zero-order valence-corrected chi connectivity index (χ0v) is 18.2. The molecule has 0 aromatic heterocycles. The molecule has 0 fully saturated rings. The van der Waals surface area contributed by atoms with Crippen LogP contribution in [0.1, 0.15) is 89.6 Å². The van der Waals surface area contributed by atoms with Crippen LogP contribution in [0.15, 0.2) is 0 Å². The monoisotopic (exact) mass is 408 g/mol. The highest BCUT2D eigenvalue weighted by molar-refractivity contribution is 5.96. The van der Waals surface area contributed by atoms with E-state index in [2.05, 4.69) is 12.2 Å². The quantitative estimate of drug-likeness (QED) is 0.215. The molecule has 0 heterocycles. The maximum absolute atomic E-state index is 12.0. The Morgan fingerprint density at radius 2 is 1.63 bits per heavy atom. The molecule has 2 N–H and O–H groups in total. The summed E-state index contributed by atoms with van der Waals surface area (Å²) in [6.45, 7) is 4.62. The number of amides is 1. The van der Waals surface area contributed by atoms with E-state index in [1.54, 1.807) is 0 Å². The molecule has 7 heteroatoms. The van der Waals surface area contributed by atoms with Crippen LogP contribution in [-0.2, 0) is 14.3 Å². The fraction of sp³-hybridized carbons (Fsp3) is 0.850. The number of carbonyl (C=O) groups is 2. The number of halogens is 1. The average Bonchev–Trinajstić information content (AvgIpc) is 2.58. The van der Waals surface area contributed by atoms with Gasteiger partial charge in [-0.2, -0.15) is 0 Å². The van der Waals surface area contributed by atoms with Crippen molar-refractivity contribution in [3.05, 3.63) is 0 Å². The van der Waals surface area contributed by atoms with E-state index >= 15 is 0 Å². The zero-order valence-electron chi connectivity index (χ0n) is 20.4. The highest BCUT2D eigenvalue weighted by Crippen LogP contribution is 2.13. The van der Waals surface area contributed by atoms with Crippen molar-refractivity contribution in [1.29, 1.82) is 5.41 Å². The van der Waals surface area contributed by atoms with E-state index in [0.29, 0.717) is 11.3 Å². The van der Waals surface area contributed by atoms with Crippen molar-refractivity contribution in [2.24, 2.45) is 5.41 Å². The Morgan fingerprint density at radius 1 is 1.07 bits per heavy atom. The van der Waals surface area contributed by atoms with Crippen LogP contribution in [0.25, 0.3) is 0 Å². The molecule has 160 valence electrons. The van der Waals surface area contributed by atoms with Gasteiger partial charge in [-0.1, -0.05) is 72.6 Å². The van der Waals surface area contributed by atoms with Gasteiger partial charge in [0.2, 0.25) is 5.91 Å². The minimum absolute atomic E-state index is 0. The second-order valence-corrected chi connectivity index (χ2v) is 7.93. The highest BCUT2D eigenvalue weighted by atomic mass is 35.5. The van der Waals surface area contributed by atoms with Crippen molar-refractivity contribution >= 4 is 30.2 Å². The first-order valence-electron chi connectivity index (χ1n) is 11.2. The number of hydrogen-bond acceptors (Lipinski definition) is 4. The minimum Gasteiger partial charge on any atom is -0.464 e. The summed E-state index contributed by atoms with van der Waals surface area (Å²) in [5, 5.41) is 10.2. The summed E-state index contributed by atoms with van der Waals surface area (Å²) in [4.78, 5) is 24.5. The molecule has 0 aliphatic rings. The van der Waals surface area contributed by atoms with E-state index < -0.39 is 31.4 Å². The van der Waals surface area contributed by atoms with Crippen LogP contribution in [-0.4, -0.2) is 42.9 Å². The summed E-state index contributed by atoms with van der Waals surface area (Å²) in [5.74, 6) is -1.78. The molecule has 0 aliphatic heterocycles. The Bertz CT molecular complexity index is 524. The lowest BCUT2D eigenvalue weighted by molar-refractivity contribution is -0.146. The Hall–Kier alpha value is -1.30. The van der Waals surface area contributed by atoms with Gasteiger partial charge in [-0.15, -0.1) is 12.4 Å². The number of ether oxygens (including phenoxy) is 1. The van der Waals surface area contributed by atoms with Gasteiger partial charge in [0.05, 0.1) is 6.61 Å². The molecule has 0 saturated heterocycles. The molecule has 0 spiro atoms. The van der Waals surface area contributed by atoms with Crippen molar-refractivity contribution < 1.29 is 18.4 Å². The fourth-order valence-corrected chi connectivity index (χ4v) is 2.23. The van der Waals surface area contributed by atoms with Gasteiger partial charge < -0.3 is 9.64 Å². The molecule has 0 bridgehead atoms. The maximum atomic E-state index is 12.0. The minimum atomic E-state index is -2.73. The van der Waals surface area contributed by atoms with Crippen molar-refractivity contribution in [3.8, 4) is 0 Å². The van der Waals surface area contributed by atoms with Gasteiger partial charge in [0, 0.05) is 17.5 Å². The summed E-state index contributed by atoms with van der Waals surface area (Å²) in [6, 6.07) is 0. The predicted octanol–water partition coefficient (Wildman–Crippen LogP) is 4.51. The molecule has 0 aliphatic carbocycles. The number of guanidine groups is 1. The number of hydrogen-bond donors (Lipinski definition) is 2. The van der Waals surface area contributed by atoms with Crippen LogP contribution >= 0.6 is 12.4 Å². The summed E-state index contributed by atoms with van der Waals surface area (Å²) < 4.78 is 27.7. The molecule has 27 heavy (non-hydrogen) atoms. The highest BCUT2D eigenvalue weighted by Gasteiger charge is 2.17. The average molecular weight is 409 g/mol. The maximum Gasteiger partial charge on any atom is 0.325 e. The third-order valence-corrected chi connectivity index (χ3v) is 3.74. The largest absolute Gasteiger partial charge is 0.464 e. The third-order valence-electron chi connectivity index (χ3n) is 3.74. The SMILES string of the molecule is Cl.[2H]C([2H])([2H])N(CC(=O)OCC(C)(C)C)C(=N)NC(=O)CCCCCCCCCC. The van der Waals surface area contributed by atoms with Crippen molar-refractivity contribution in [1.82, 2.24) is 10.2 Å². The normalized spacial score (nSPS) is 12.8. The predicted molar refractivity (Wildman–Crippen MR) is 113 cm³/mol. The van der Waals surface area contributed by atoms with Gasteiger partial charge in [-0.25, -0.2) is 0 Å². The second kappa shape index (κ2) is 15.7. The lowest BCUT2D eigenvalue weighted by atomic mass is 9.99. The molecule has 0 aromatic rings. The molecular weight excluding hydrogens is 366 g/mol. The summed E-state index contributed by atoms with van der Waals surface area (Å²) in [5.41, 5.74) is -0.252. The van der Waals surface area contributed by atoms with E-state index in [1.165, 1.54) is 25.7 Å². The number of rotatable bonds is 12. The molecule has 0 atom stereocenters. The van der Waals surface area contributed by atoms with Crippen LogP contribution in [0, 0.1) is 10.8 Å². The van der Waals surface area contributed by atoms with Crippen molar-refractivity contribution in [2.45, 2.75) is 85.5 Å². The number of esters is 1. The topological polar surface area (TPSA) is 82.5 Å². The second-order valence-electron chi connectivity index (χ2n) is 7.93. The third kappa shape index (κ3) is 17.9. The van der Waals surface area contributed by atoms with Crippen molar-refractivity contribution in [3.63, 3.8) is 0 Å². The first-order chi connectivity index (χ1) is 13.4. The standard InChI is InChI=1S/C20H39N3O3.ClH/c1-6-7-8-9-10-11-12-13-14-17(24)22-19(21)23(5)15-18(25)26-16-20(2,3)4;/h6-16H2,1-5H3,(H2,21,22,24);1H/i5D3;.